The van der Waals surface area contributed by atoms with Gasteiger partial charge in [-0.25, -0.2) is 0 Å². The maximum atomic E-state index is 12.4. The van der Waals surface area contributed by atoms with Gasteiger partial charge in [0, 0.05) is 25.0 Å². The monoisotopic (exact) mass is 578 g/mol. The van der Waals surface area contributed by atoms with Crippen molar-refractivity contribution in [1.82, 2.24) is 0 Å². The first kappa shape index (κ1) is 31.8. The number of carbonyl (C=O) groups excluding carboxylic acids is 1. The highest BCUT2D eigenvalue weighted by atomic mass is 28.2. The molecular weight excluding hydrogens is 517 g/mol. The molecular formula is C33H62O4Si2. The van der Waals surface area contributed by atoms with Crippen LogP contribution in [0.4, 0.5) is 0 Å². The predicted octanol–water partition coefficient (Wildman–Crippen LogP) is 7.22. The van der Waals surface area contributed by atoms with Gasteiger partial charge >= 0.3 is 5.97 Å². The molecule has 0 aliphatic heterocycles. The van der Waals surface area contributed by atoms with Crippen LogP contribution in [0.1, 0.15) is 128 Å². The van der Waals surface area contributed by atoms with Crippen molar-refractivity contribution in [1.29, 1.82) is 0 Å². The Kier molecular flexibility index (Phi) is 9.35. The fourth-order valence-electron chi connectivity index (χ4n) is 8.93. The first-order valence-corrected chi connectivity index (χ1v) is 19.0. The molecule has 4 rings (SSSR count). The molecule has 9 atom stereocenters. The molecule has 39 heavy (non-hydrogen) atoms. The van der Waals surface area contributed by atoms with E-state index < -0.39 is 19.5 Å². The predicted molar refractivity (Wildman–Crippen MR) is 167 cm³/mol. The van der Waals surface area contributed by atoms with Crippen LogP contribution in [0, 0.1) is 46.3 Å². The third kappa shape index (κ3) is 6.15. The van der Waals surface area contributed by atoms with Crippen LogP contribution in [0.2, 0.25) is 10.1 Å². The number of esters is 1. The van der Waals surface area contributed by atoms with Crippen LogP contribution in [-0.2, 0) is 18.4 Å². The summed E-state index contributed by atoms with van der Waals surface area (Å²) in [6.45, 7) is 25.7. The minimum Gasteiger partial charge on any atom is -0.462 e. The molecule has 4 nitrogen and oxygen atoms in total. The van der Waals surface area contributed by atoms with E-state index in [4.69, 9.17) is 13.6 Å². The number of rotatable bonds is 9. The van der Waals surface area contributed by atoms with E-state index in [9.17, 15) is 4.79 Å². The van der Waals surface area contributed by atoms with Crippen LogP contribution in [0.3, 0.4) is 0 Å². The van der Waals surface area contributed by atoms with Crippen molar-refractivity contribution >= 4 is 25.5 Å². The van der Waals surface area contributed by atoms with E-state index in [2.05, 4.69) is 69.2 Å². The molecule has 0 saturated heterocycles. The smallest absolute Gasteiger partial charge is 0.302 e. The van der Waals surface area contributed by atoms with E-state index in [0.717, 1.165) is 18.8 Å². The standard InChI is InChI=1S/C33H62O4Si2/c1-20(2)30(6,7)38-36-23-14-16-32(10)26-15-17-33(11)25(12-13-29(33)37-39-31(8,9)21(3)4)24(26)19-28(27(32)18-23)35-22(5)34/h20-21,23-29H,12-19,38-39H2,1-11H3/t23-,24-,25-,26-,27?,28-,29-,32+,33-/m0/s1. The third-order valence-corrected chi connectivity index (χ3v) is 17.6. The molecule has 0 spiro atoms. The van der Waals surface area contributed by atoms with Gasteiger partial charge in [-0.3, -0.25) is 4.79 Å². The van der Waals surface area contributed by atoms with Crippen molar-refractivity contribution in [3.8, 4) is 0 Å². The molecule has 0 aromatic carbocycles. The Morgan fingerprint density at radius 3 is 1.92 bits per heavy atom. The average molecular weight is 579 g/mol. The lowest BCUT2D eigenvalue weighted by Gasteiger charge is -2.62. The molecule has 6 heteroatoms. The fraction of sp³-hybridized carbons (Fsp3) is 0.970. The number of hydrogen-bond acceptors (Lipinski definition) is 4. The maximum absolute atomic E-state index is 12.4. The van der Waals surface area contributed by atoms with Gasteiger partial charge in [-0.1, -0.05) is 69.2 Å². The van der Waals surface area contributed by atoms with E-state index in [1.165, 1.54) is 38.5 Å². The minimum atomic E-state index is -0.633. The maximum Gasteiger partial charge on any atom is 0.302 e. The summed E-state index contributed by atoms with van der Waals surface area (Å²) in [6, 6.07) is 0. The van der Waals surface area contributed by atoms with Crippen LogP contribution in [0.5, 0.6) is 0 Å². The molecule has 4 aliphatic carbocycles. The molecule has 226 valence electrons. The molecule has 0 N–H and O–H groups in total. The number of hydrogen-bond donors (Lipinski definition) is 0. The van der Waals surface area contributed by atoms with Gasteiger partial charge in [-0.2, -0.15) is 0 Å². The number of carbonyl (C=O) groups is 1. The van der Waals surface area contributed by atoms with Crippen molar-refractivity contribution < 1.29 is 18.4 Å². The molecule has 4 fully saturated rings. The van der Waals surface area contributed by atoms with Gasteiger partial charge in [-0.15, -0.1) is 0 Å². The van der Waals surface area contributed by atoms with Gasteiger partial charge in [0.15, 0.2) is 19.5 Å². The van der Waals surface area contributed by atoms with Gasteiger partial charge in [0.2, 0.25) is 0 Å². The molecule has 1 unspecified atom stereocenters. The summed E-state index contributed by atoms with van der Waals surface area (Å²) >= 11 is 0. The Balaban J connectivity index is 1.51. The molecule has 0 amide bonds. The van der Waals surface area contributed by atoms with E-state index in [-0.39, 0.29) is 22.9 Å². The first-order valence-electron chi connectivity index (χ1n) is 16.4. The average Bonchev–Trinajstić information content (AvgIpc) is 3.17. The topological polar surface area (TPSA) is 44.8 Å². The van der Waals surface area contributed by atoms with Gasteiger partial charge in [0.1, 0.15) is 6.10 Å². The lowest BCUT2D eigenvalue weighted by molar-refractivity contribution is -0.192. The second kappa shape index (κ2) is 11.5. The zero-order valence-electron chi connectivity index (χ0n) is 27.4. The second-order valence-corrected chi connectivity index (χ2v) is 21.7. The number of ether oxygens (including phenoxy) is 1. The zero-order valence-corrected chi connectivity index (χ0v) is 30.2. The highest BCUT2D eigenvalue weighted by Gasteiger charge is 2.63. The molecule has 0 heterocycles. The minimum absolute atomic E-state index is 0.0384. The largest absolute Gasteiger partial charge is 0.462 e. The van der Waals surface area contributed by atoms with Crippen LogP contribution in [-0.4, -0.2) is 43.8 Å². The van der Waals surface area contributed by atoms with Crippen LogP contribution in [0.25, 0.3) is 0 Å². The fourth-order valence-corrected chi connectivity index (χ4v) is 11.7. The number of fused-ring (bicyclic) bond motifs is 5. The Morgan fingerprint density at radius 2 is 1.33 bits per heavy atom. The lowest BCUT2D eigenvalue weighted by Crippen LogP contribution is -2.59. The van der Waals surface area contributed by atoms with Crippen molar-refractivity contribution in [2.75, 3.05) is 0 Å². The van der Waals surface area contributed by atoms with Crippen molar-refractivity contribution in [3.63, 3.8) is 0 Å². The van der Waals surface area contributed by atoms with E-state index in [1.54, 1.807) is 6.92 Å². The quantitative estimate of drug-likeness (QED) is 0.214. The molecule has 0 aromatic rings. The zero-order chi connectivity index (χ0) is 29.0. The second-order valence-electron chi connectivity index (χ2n) is 16.8. The molecule has 4 saturated carbocycles. The summed E-state index contributed by atoms with van der Waals surface area (Å²) in [6.07, 6.45) is 10.4. The van der Waals surface area contributed by atoms with E-state index in [1.807, 2.05) is 0 Å². The van der Waals surface area contributed by atoms with Crippen molar-refractivity contribution in [2.24, 2.45) is 46.3 Å². The molecule has 0 radical (unpaired) electrons. The van der Waals surface area contributed by atoms with E-state index >= 15 is 0 Å². The Hall–Kier alpha value is -0.176. The van der Waals surface area contributed by atoms with Gasteiger partial charge in [-0.05, 0) is 102 Å². The normalized spacial score (nSPS) is 41.4. The van der Waals surface area contributed by atoms with Crippen LogP contribution < -0.4 is 0 Å². The van der Waals surface area contributed by atoms with Gasteiger partial charge in [0.05, 0.1) is 0 Å². The summed E-state index contributed by atoms with van der Waals surface area (Å²) in [5.41, 5.74) is 0.520. The Bertz CT molecular complexity index is 872. The van der Waals surface area contributed by atoms with E-state index in [0.29, 0.717) is 51.9 Å². The summed E-state index contributed by atoms with van der Waals surface area (Å²) in [5, 5.41) is 0.654. The Labute approximate surface area is 245 Å². The summed E-state index contributed by atoms with van der Waals surface area (Å²) in [4.78, 5) is 12.4. The molecule has 4 aliphatic rings. The lowest BCUT2D eigenvalue weighted by atomic mass is 9.44. The Morgan fingerprint density at radius 1 is 0.769 bits per heavy atom. The SMILES string of the molecule is CC(=O)O[C@H]1C[C@H]2[C@@H]3CC[C@H](O[SiH2]C(C)(C)C(C)C)[C@@]3(C)CC[C@@H]2[C@@]2(C)CC[C@H](O[SiH2]C(C)(C)C(C)C)CC12. The van der Waals surface area contributed by atoms with Gasteiger partial charge in [0.25, 0.3) is 0 Å². The molecule has 0 bridgehead atoms. The summed E-state index contributed by atoms with van der Waals surface area (Å²) in [5.74, 6) is 3.72. The van der Waals surface area contributed by atoms with Crippen LogP contribution in [0.15, 0.2) is 0 Å². The highest BCUT2D eigenvalue weighted by molar-refractivity contribution is 6.32. The van der Waals surface area contributed by atoms with Crippen LogP contribution >= 0.6 is 0 Å². The summed E-state index contributed by atoms with van der Waals surface area (Å²) in [7, 11) is -1.24. The van der Waals surface area contributed by atoms with Gasteiger partial charge < -0.3 is 13.6 Å². The highest BCUT2D eigenvalue weighted by Crippen LogP contribution is 2.67. The molecule has 0 aromatic heterocycles. The third-order valence-electron chi connectivity index (χ3n) is 13.3. The van der Waals surface area contributed by atoms with Crippen molar-refractivity contribution in [3.05, 3.63) is 0 Å². The summed E-state index contributed by atoms with van der Waals surface area (Å²) < 4.78 is 19.9. The van der Waals surface area contributed by atoms with Crippen molar-refractivity contribution in [2.45, 2.75) is 156 Å². The first-order chi connectivity index (χ1) is 18.0.